The molecule has 0 aromatic heterocycles. The second kappa shape index (κ2) is 5.75. The summed E-state index contributed by atoms with van der Waals surface area (Å²) in [6.45, 7) is 0.262. The lowest BCUT2D eigenvalue weighted by Gasteiger charge is -2.07. The van der Waals surface area contributed by atoms with Gasteiger partial charge in [-0.3, -0.25) is 4.99 Å². The molecule has 2 aromatic carbocycles. The summed E-state index contributed by atoms with van der Waals surface area (Å²) in [7, 11) is 3.22. The van der Waals surface area contributed by atoms with Gasteiger partial charge in [0.25, 0.3) is 0 Å². The lowest BCUT2D eigenvalue weighted by atomic mass is 10.2. The molecule has 0 unspecified atom stereocenters. The average molecular weight is 285 g/mol. The predicted octanol–water partition coefficient (Wildman–Crippen LogP) is 3.18. The van der Waals surface area contributed by atoms with Crippen molar-refractivity contribution in [2.24, 2.45) is 4.99 Å². The normalized spacial score (nSPS) is 12.7. The van der Waals surface area contributed by atoms with Crippen molar-refractivity contribution in [3.8, 4) is 23.0 Å². The Morgan fingerprint density at radius 3 is 2.57 bits per heavy atom. The maximum atomic E-state index is 5.33. The Bertz CT molecular complexity index is 682. The highest BCUT2D eigenvalue weighted by Crippen LogP contribution is 2.35. The summed E-state index contributed by atoms with van der Waals surface area (Å²) in [6, 6.07) is 11.2. The number of rotatable bonds is 4. The van der Waals surface area contributed by atoms with Crippen LogP contribution in [0, 0.1) is 0 Å². The Kier molecular flexibility index (Phi) is 3.64. The second-order valence-electron chi connectivity index (χ2n) is 4.41. The fourth-order valence-corrected chi connectivity index (χ4v) is 2.05. The first-order valence-corrected chi connectivity index (χ1v) is 6.46. The molecule has 1 aliphatic rings. The van der Waals surface area contributed by atoms with Crippen molar-refractivity contribution in [3.05, 3.63) is 42.0 Å². The third-order valence-corrected chi connectivity index (χ3v) is 3.13. The molecule has 21 heavy (non-hydrogen) atoms. The van der Waals surface area contributed by atoms with E-state index in [0.29, 0.717) is 11.5 Å². The van der Waals surface area contributed by atoms with Gasteiger partial charge < -0.3 is 18.9 Å². The van der Waals surface area contributed by atoms with Crippen LogP contribution in [0.3, 0.4) is 0 Å². The monoisotopic (exact) mass is 285 g/mol. The predicted molar refractivity (Wildman–Crippen MR) is 79.4 cm³/mol. The highest BCUT2D eigenvalue weighted by Gasteiger charge is 2.12. The first-order valence-electron chi connectivity index (χ1n) is 6.46. The van der Waals surface area contributed by atoms with E-state index < -0.39 is 0 Å². The maximum absolute atomic E-state index is 5.33. The average Bonchev–Trinajstić information content (AvgIpc) is 3.00. The van der Waals surface area contributed by atoms with Crippen LogP contribution in [-0.2, 0) is 0 Å². The lowest BCUT2D eigenvalue weighted by molar-refractivity contribution is 0.174. The Balaban J connectivity index is 1.82. The molecular formula is C16H15NO4. The minimum atomic E-state index is 0.262. The van der Waals surface area contributed by atoms with Crippen LogP contribution >= 0.6 is 0 Å². The third kappa shape index (κ3) is 2.76. The quantitative estimate of drug-likeness (QED) is 0.809. The number of ether oxygens (including phenoxy) is 4. The van der Waals surface area contributed by atoms with Crippen LogP contribution in [0.4, 0.5) is 5.69 Å². The van der Waals surface area contributed by atoms with Crippen LogP contribution in [0.25, 0.3) is 0 Å². The molecule has 1 heterocycles. The van der Waals surface area contributed by atoms with E-state index in [0.717, 1.165) is 22.7 Å². The van der Waals surface area contributed by atoms with Crippen molar-refractivity contribution in [1.82, 2.24) is 0 Å². The van der Waals surface area contributed by atoms with Crippen LogP contribution < -0.4 is 18.9 Å². The van der Waals surface area contributed by atoms with Gasteiger partial charge in [0.15, 0.2) is 23.0 Å². The molecule has 2 aromatic rings. The summed E-state index contributed by atoms with van der Waals surface area (Å²) < 4.78 is 21.1. The Morgan fingerprint density at radius 1 is 0.952 bits per heavy atom. The number of benzene rings is 2. The Labute approximate surface area is 122 Å². The Morgan fingerprint density at radius 2 is 1.76 bits per heavy atom. The Hall–Kier alpha value is -2.69. The van der Waals surface area contributed by atoms with Gasteiger partial charge in [0.1, 0.15) is 0 Å². The van der Waals surface area contributed by atoms with Crippen LogP contribution in [0.15, 0.2) is 41.4 Å². The second-order valence-corrected chi connectivity index (χ2v) is 4.41. The van der Waals surface area contributed by atoms with Crippen LogP contribution in [0.5, 0.6) is 23.0 Å². The van der Waals surface area contributed by atoms with E-state index in [2.05, 4.69) is 4.99 Å². The number of fused-ring (bicyclic) bond motifs is 1. The molecule has 0 fully saturated rings. The van der Waals surface area contributed by atoms with Crippen molar-refractivity contribution >= 4 is 11.9 Å². The van der Waals surface area contributed by atoms with Crippen molar-refractivity contribution in [2.75, 3.05) is 21.0 Å². The van der Waals surface area contributed by atoms with Gasteiger partial charge in [-0.25, -0.2) is 0 Å². The van der Waals surface area contributed by atoms with Gasteiger partial charge >= 0.3 is 0 Å². The summed E-state index contributed by atoms with van der Waals surface area (Å²) in [6.07, 6.45) is 1.76. The zero-order valence-electron chi connectivity index (χ0n) is 11.8. The molecule has 0 aliphatic carbocycles. The number of aliphatic imine (C=N–C) groups is 1. The molecule has 0 amide bonds. The van der Waals surface area contributed by atoms with Gasteiger partial charge in [-0.2, -0.15) is 0 Å². The molecule has 108 valence electrons. The van der Waals surface area contributed by atoms with E-state index >= 15 is 0 Å². The number of hydrogen-bond donors (Lipinski definition) is 0. The number of hydrogen-bond acceptors (Lipinski definition) is 5. The summed E-state index contributed by atoms with van der Waals surface area (Å²) in [5.41, 5.74) is 1.72. The molecule has 3 rings (SSSR count). The maximum Gasteiger partial charge on any atom is 0.231 e. The number of nitrogens with zero attached hydrogens (tertiary/aromatic N) is 1. The molecule has 0 spiro atoms. The van der Waals surface area contributed by atoms with Gasteiger partial charge in [0.05, 0.1) is 19.9 Å². The van der Waals surface area contributed by atoms with Crippen molar-refractivity contribution in [1.29, 1.82) is 0 Å². The molecule has 0 saturated heterocycles. The molecule has 0 atom stereocenters. The molecule has 5 heteroatoms. The number of methoxy groups -OCH3 is 2. The van der Waals surface area contributed by atoms with Gasteiger partial charge in [-0.15, -0.1) is 0 Å². The third-order valence-electron chi connectivity index (χ3n) is 3.13. The first-order chi connectivity index (χ1) is 10.3. The SMILES string of the molecule is COc1ccc(C=Nc2ccc3c(c2)OCO3)cc1OC. The van der Waals surface area contributed by atoms with E-state index in [-0.39, 0.29) is 6.79 Å². The molecule has 0 radical (unpaired) electrons. The van der Waals surface area contributed by atoms with Crippen LogP contribution in [0.2, 0.25) is 0 Å². The molecule has 5 nitrogen and oxygen atoms in total. The lowest BCUT2D eigenvalue weighted by Crippen LogP contribution is -1.92. The van der Waals surface area contributed by atoms with Crippen molar-refractivity contribution in [3.63, 3.8) is 0 Å². The standard InChI is InChI=1S/C16H15NO4/c1-18-13-5-3-11(7-15(13)19-2)9-17-12-4-6-14-16(8-12)21-10-20-14/h3-9H,10H2,1-2H3. The summed E-state index contributed by atoms with van der Waals surface area (Å²) >= 11 is 0. The topological polar surface area (TPSA) is 49.3 Å². The van der Waals surface area contributed by atoms with E-state index in [1.165, 1.54) is 0 Å². The minimum Gasteiger partial charge on any atom is -0.493 e. The van der Waals surface area contributed by atoms with Crippen molar-refractivity contribution in [2.45, 2.75) is 0 Å². The first kappa shape index (κ1) is 13.3. The van der Waals surface area contributed by atoms with E-state index in [1.54, 1.807) is 20.4 Å². The van der Waals surface area contributed by atoms with Crippen LogP contribution in [0.1, 0.15) is 5.56 Å². The van der Waals surface area contributed by atoms with E-state index in [4.69, 9.17) is 18.9 Å². The molecule has 1 aliphatic heterocycles. The van der Waals surface area contributed by atoms with E-state index in [9.17, 15) is 0 Å². The van der Waals surface area contributed by atoms with Gasteiger partial charge in [-0.05, 0) is 35.9 Å². The highest BCUT2D eigenvalue weighted by atomic mass is 16.7. The van der Waals surface area contributed by atoms with Gasteiger partial charge in [-0.1, -0.05) is 0 Å². The molecule has 0 saturated carbocycles. The minimum absolute atomic E-state index is 0.262. The van der Waals surface area contributed by atoms with Gasteiger partial charge in [0, 0.05) is 12.3 Å². The van der Waals surface area contributed by atoms with E-state index in [1.807, 2.05) is 36.4 Å². The molecule has 0 bridgehead atoms. The molecule has 0 N–H and O–H groups in total. The molecular weight excluding hydrogens is 270 g/mol. The van der Waals surface area contributed by atoms with Crippen LogP contribution in [-0.4, -0.2) is 27.2 Å². The summed E-state index contributed by atoms with van der Waals surface area (Å²) in [5, 5.41) is 0. The zero-order chi connectivity index (χ0) is 14.7. The van der Waals surface area contributed by atoms with Crippen molar-refractivity contribution < 1.29 is 18.9 Å². The summed E-state index contributed by atoms with van der Waals surface area (Å²) in [4.78, 5) is 4.43. The fraction of sp³-hybridized carbons (Fsp3) is 0.188. The summed E-state index contributed by atoms with van der Waals surface area (Å²) in [5.74, 6) is 2.84. The highest BCUT2D eigenvalue weighted by molar-refractivity contribution is 5.83. The fourth-order valence-electron chi connectivity index (χ4n) is 2.05. The smallest absolute Gasteiger partial charge is 0.231 e. The zero-order valence-corrected chi connectivity index (χ0v) is 11.8. The largest absolute Gasteiger partial charge is 0.493 e. The van der Waals surface area contributed by atoms with Gasteiger partial charge in [0.2, 0.25) is 6.79 Å².